The summed E-state index contributed by atoms with van der Waals surface area (Å²) >= 11 is 0. The van der Waals surface area contributed by atoms with E-state index in [1.165, 1.54) is 12.7 Å². The van der Waals surface area contributed by atoms with E-state index in [2.05, 4.69) is 5.32 Å². The molecule has 0 spiro atoms. The molecule has 1 fully saturated rings. The molecule has 0 atom stereocenters. The lowest BCUT2D eigenvalue weighted by Crippen LogP contribution is -2.46. The zero-order valence-electron chi connectivity index (χ0n) is 13.1. The monoisotopic (exact) mass is 304 g/mol. The lowest BCUT2D eigenvalue weighted by Gasteiger charge is -2.32. The molecule has 0 aromatic carbocycles. The Labute approximate surface area is 123 Å². The Bertz CT molecular complexity index is 420. The van der Waals surface area contributed by atoms with E-state index in [0.717, 1.165) is 25.7 Å². The molecule has 6 heteroatoms. The van der Waals surface area contributed by atoms with Crippen LogP contribution >= 0.6 is 0 Å². The number of hydrogen-bond donors (Lipinski definition) is 1. The fraction of sp³-hybridized carbons (Fsp3) is 0.929. The van der Waals surface area contributed by atoms with Crippen LogP contribution in [0.2, 0.25) is 0 Å². The van der Waals surface area contributed by atoms with E-state index < -0.39 is 15.4 Å². The van der Waals surface area contributed by atoms with E-state index in [-0.39, 0.29) is 11.9 Å². The number of amides is 1. The molecule has 0 radical (unpaired) electrons. The first-order valence-corrected chi connectivity index (χ1v) is 9.22. The van der Waals surface area contributed by atoms with Crippen molar-refractivity contribution < 1.29 is 13.2 Å². The summed E-state index contributed by atoms with van der Waals surface area (Å²) < 4.78 is 25.4. The molecule has 0 aliphatic heterocycles. The zero-order chi connectivity index (χ0) is 15.4. The number of nitrogens with zero attached hydrogens (tertiary/aromatic N) is 1. The van der Waals surface area contributed by atoms with Gasteiger partial charge < -0.3 is 5.32 Å². The Hall–Kier alpha value is -0.620. The van der Waals surface area contributed by atoms with Crippen LogP contribution in [-0.2, 0) is 14.8 Å². The summed E-state index contributed by atoms with van der Waals surface area (Å²) in [5, 5.41) is 2.82. The first kappa shape index (κ1) is 17.4. The summed E-state index contributed by atoms with van der Waals surface area (Å²) in [6.07, 6.45) is 6.48. The second-order valence-corrected chi connectivity index (χ2v) is 8.61. The first-order valence-electron chi connectivity index (χ1n) is 7.37. The van der Waals surface area contributed by atoms with Gasteiger partial charge in [0.15, 0.2) is 0 Å². The highest BCUT2D eigenvalue weighted by molar-refractivity contribution is 7.88. The molecular formula is C14H28N2O3S. The molecule has 5 nitrogen and oxygen atoms in total. The van der Waals surface area contributed by atoms with E-state index in [4.69, 9.17) is 0 Å². The molecule has 1 rings (SSSR count). The third-order valence-electron chi connectivity index (χ3n) is 3.71. The maximum absolute atomic E-state index is 11.9. The van der Waals surface area contributed by atoms with E-state index in [1.807, 2.05) is 20.8 Å². The maximum atomic E-state index is 11.9. The average Bonchev–Trinajstić information content (AvgIpc) is 2.32. The number of carbonyl (C=O) groups is 1. The van der Waals surface area contributed by atoms with Gasteiger partial charge >= 0.3 is 0 Å². The number of hydrogen-bond acceptors (Lipinski definition) is 3. The normalized spacial score (nSPS) is 18.2. The standard InChI is InChI=1S/C14H28N2O3S/c1-14(2,3)13(17)15-10-11-16(20(4,18)19)12-8-6-5-7-9-12/h12H,5-11H2,1-4H3,(H,15,17). The minimum atomic E-state index is -3.22. The Balaban J connectivity index is 2.56. The van der Waals surface area contributed by atoms with Gasteiger partial charge in [-0.15, -0.1) is 0 Å². The fourth-order valence-corrected chi connectivity index (χ4v) is 3.71. The van der Waals surface area contributed by atoms with Crippen LogP contribution < -0.4 is 5.32 Å². The molecule has 1 saturated carbocycles. The molecular weight excluding hydrogens is 276 g/mol. The molecule has 0 aromatic heterocycles. The van der Waals surface area contributed by atoms with Crippen LogP contribution in [-0.4, -0.2) is 44.0 Å². The summed E-state index contributed by atoms with van der Waals surface area (Å²) in [7, 11) is -3.22. The van der Waals surface area contributed by atoms with Crippen molar-refractivity contribution in [2.45, 2.75) is 58.9 Å². The van der Waals surface area contributed by atoms with Crippen LogP contribution in [0.15, 0.2) is 0 Å². The minimum absolute atomic E-state index is 0.0467. The predicted molar refractivity (Wildman–Crippen MR) is 80.9 cm³/mol. The predicted octanol–water partition coefficient (Wildman–Crippen LogP) is 1.74. The van der Waals surface area contributed by atoms with Crippen LogP contribution in [0, 0.1) is 5.41 Å². The van der Waals surface area contributed by atoms with E-state index in [1.54, 1.807) is 4.31 Å². The van der Waals surface area contributed by atoms with Gasteiger partial charge in [0, 0.05) is 24.5 Å². The highest BCUT2D eigenvalue weighted by Gasteiger charge is 2.28. The molecule has 20 heavy (non-hydrogen) atoms. The smallest absolute Gasteiger partial charge is 0.225 e. The lowest BCUT2D eigenvalue weighted by molar-refractivity contribution is -0.128. The SMILES string of the molecule is CC(C)(C)C(=O)NCCN(C1CCCCC1)S(C)(=O)=O. The Morgan fingerprint density at radius 2 is 1.75 bits per heavy atom. The minimum Gasteiger partial charge on any atom is -0.354 e. The Morgan fingerprint density at radius 3 is 2.20 bits per heavy atom. The molecule has 1 amide bonds. The lowest BCUT2D eigenvalue weighted by atomic mass is 9.95. The van der Waals surface area contributed by atoms with Gasteiger partial charge in [-0.25, -0.2) is 8.42 Å². The number of carbonyl (C=O) groups excluding carboxylic acids is 1. The second kappa shape index (κ2) is 6.89. The van der Waals surface area contributed by atoms with Gasteiger partial charge in [0.25, 0.3) is 0 Å². The second-order valence-electron chi connectivity index (χ2n) is 6.67. The fourth-order valence-electron chi connectivity index (χ4n) is 2.53. The van der Waals surface area contributed by atoms with Gasteiger partial charge in [0.2, 0.25) is 15.9 Å². The molecule has 0 heterocycles. The summed E-state index contributed by atoms with van der Waals surface area (Å²) in [6.45, 7) is 6.28. The molecule has 1 N–H and O–H groups in total. The molecule has 0 saturated heterocycles. The maximum Gasteiger partial charge on any atom is 0.225 e. The van der Waals surface area contributed by atoms with Gasteiger partial charge in [0.1, 0.15) is 0 Å². The average molecular weight is 304 g/mol. The molecule has 1 aliphatic carbocycles. The summed E-state index contributed by atoms with van der Waals surface area (Å²) in [6, 6.07) is 0.102. The summed E-state index contributed by atoms with van der Waals surface area (Å²) in [5.74, 6) is -0.0467. The number of rotatable bonds is 5. The topological polar surface area (TPSA) is 66.5 Å². The molecule has 0 bridgehead atoms. The van der Waals surface area contributed by atoms with Crippen molar-refractivity contribution in [3.8, 4) is 0 Å². The molecule has 118 valence electrons. The highest BCUT2D eigenvalue weighted by Crippen LogP contribution is 2.24. The van der Waals surface area contributed by atoms with Gasteiger partial charge in [-0.2, -0.15) is 4.31 Å². The number of nitrogens with one attached hydrogen (secondary N) is 1. The first-order chi connectivity index (χ1) is 9.12. The third kappa shape index (κ3) is 5.40. The van der Waals surface area contributed by atoms with Crippen molar-refractivity contribution in [3.63, 3.8) is 0 Å². The van der Waals surface area contributed by atoms with Gasteiger partial charge in [-0.05, 0) is 12.8 Å². The van der Waals surface area contributed by atoms with E-state index in [9.17, 15) is 13.2 Å². The van der Waals surface area contributed by atoms with Crippen LogP contribution in [0.4, 0.5) is 0 Å². The zero-order valence-corrected chi connectivity index (χ0v) is 13.9. The summed E-state index contributed by atoms with van der Waals surface area (Å²) in [4.78, 5) is 11.8. The van der Waals surface area contributed by atoms with E-state index in [0.29, 0.717) is 13.1 Å². The van der Waals surface area contributed by atoms with Crippen molar-refractivity contribution in [3.05, 3.63) is 0 Å². The van der Waals surface area contributed by atoms with Crippen LogP contribution in [0.5, 0.6) is 0 Å². The van der Waals surface area contributed by atoms with Crippen LogP contribution in [0.1, 0.15) is 52.9 Å². The largest absolute Gasteiger partial charge is 0.354 e. The summed E-state index contributed by atoms with van der Waals surface area (Å²) in [5.41, 5.74) is -0.444. The van der Waals surface area contributed by atoms with Crippen LogP contribution in [0.25, 0.3) is 0 Å². The Morgan fingerprint density at radius 1 is 1.20 bits per heavy atom. The third-order valence-corrected chi connectivity index (χ3v) is 5.04. The molecule has 1 aliphatic rings. The van der Waals surface area contributed by atoms with Crippen LogP contribution in [0.3, 0.4) is 0 Å². The molecule has 0 aromatic rings. The van der Waals surface area contributed by atoms with Crippen molar-refractivity contribution in [2.24, 2.45) is 5.41 Å². The van der Waals surface area contributed by atoms with Gasteiger partial charge in [-0.3, -0.25) is 4.79 Å². The van der Waals surface area contributed by atoms with Crippen molar-refractivity contribution in [1.29, 1.82) is 0 Å². The van der Waals surface area contributed by atoms with E-state index >= 15 is 0 Å². The Kier molecular flexibility index (Phi) is 6.01. The highest BCUT2D eigenvalue weighted by atomic mass is 32.2. The van der Waals surface area contributed by atoms with Gasteiger partial charge in [0.05, 0.1) is 6.26 Å². The van der Waals surface area contributed by atoms with Crippen molar-refractivity contribution >= 4 is 15.9 Å². The van der Waals surface area contributed by atoms with Gasteiger partial charge in [-0.1, -0.05) is 40.0 Å². The van der Waals surface area contributed by atoms with Crippen molar-refractivity contribution in [1.82, 2.24) is 9.62 Å². The van der Waals surface area contributed by atoms with Crippen molar-refractivity contribution in [2.75, 3.05) is 19.3 Å². The quantitative estimate of drug-likeness (QED) is 0.841. The molecule has 0 unspecified atom stereocenters. The number of sulfonamides is 1.